The lowest BCUT2D eigenvalue weighted by atomic mass is 10.2. The standard InChI is InChI=1S/C13H15N3O2S/c1-9(19-13-14-10(2)15-16-13)12(17)18-8-11-6-4-3-5-7-11/h3-7,9H,8H2,1-2H3,(H,14,15,16). The van der Waals surface area contributed by atoms with Crippen LogP contribution in [0, 0.1) is 6.92 Å². The topological polar surface area (TPSA) is 67.9 Å². The number of thioether (sulfide) groups is 1. The molecule has 1 heterocycles. The maximum absolute atomic E-state index is 11.8. The summed E-state index contributed by atoms with van der Waals surface area (Å²) in [6.45, 7) is 3.89. The summed E-state index contributed by atoms with van der Waals surface area (Å²) in [4.78, 5) is 16.0. The van der Waals surface area contributed by atoms with Crippen molar-refractivity contribution in [1.29, 1.82) is 0 Å². The molecule has 1 aromatic carbocycles. The number of rotatable bonds is 5. The Morgan fingerprint density at radius 2 is 2.16 bits per heavy atom. The first-order valence-electron chi connectivity index (χ1n) is 5.91. The van der Waals surface area contributed by atoms with E-state index in [2.05, 4.69) is 15.2 Å². The van der Waals surface area contributed by atoms with E-state index in [1.54, 1.807) is 6.92 Å². The Bertz CT molecular complexity index is 542. The summed E-state index contributed by atoms with van der Waals surface area (Å²) in [6.07, 6.45) is 0. The zero-order valence-electron chi connectivity index (χ0n) is 10.8. The highest BCUT2D eigenvalue weighted by molar-refractivity contribution is 8.00. The van der Waals surface area contributed by atoms with Crippen LogP contribution in [0.15, 0.2) is 35.5 Å². The Morgan fingerprint density at radius 1 is 1.42 bits per heavy atom. The molecule has 0 aliphatic heterocycles. The molecule has 0 fully saturated rings. The van der Waals surface area contributed by atoms with E-state index in [-0.39, 0.29) is 17.8 Å². The van der Waals surface area contributed by atoms with Gasteiger partial charge in [0.15, 0.2) is 0 Å². The number of nitrogens with zero attached hydrogens (tertiary/aromatic N) is 2. The number of ether oxygens (including phenoxy) is 1. The average Bonchev–Trinajstić information content (AvgIpc) is 2.82. The molecule has 5 nitrogen and oxygen atoms in total. The van der Waals surface area contributed by atoms with E-state index in [9.17, 15) is 4.79 Å². The van der Waals surface area contributed by atoms with Gasteiger partial charge in [-0.2, -0.15) is 0 Å². The Labute approximate surface area is 115 Å². The predicted octanol–water partition coefficient (Wildman–Crippen LogP) is 2.34. The van der Waals surface area contributed by atoms with Gasteiger partial charge in [-0.1, -0.05) is 42.1 Å². The number of aromatic amines is 1. The van der Waals surface area contributed by atoms with Gasteiger partial charge in [-0.05, 0) is 19.4 Å². The van der Waals surface area contributed by atoms with Crippen LogP contribution in [0.3, 0.4) is 0 Å². The van der Waals surface area contributed by atoms with Gasteiger partial charge in [-0.15, -0.1) is 5.10 Å². The monoisotopic (exact) mass is 277 g/mol. The lowest BCUT2D eigenvalue weighted by Gasteiger charge is -2.09. The number of carbonyl (C=O) groups excluding carboxylic acids is 1. The first-order valence-corrected chi connectivity index (χ1v) is 6.79. The van der Waals surface area contributed by atoms with E-state index >= 15 is 0 Å². The molecule has 0 radical (unpaired) electrons. The molecule has 2 rings (SSSR count). The highest BCUT2D eigenvalue weighted by Crippen LogP contribution is 2.20. The minimum absolute atomic E-state index is 0.267. The predicted molar refractivity (Wildman–Crippen MR) is 72.7 cm³/mol. The van der Waals surface area contributed by atoms with Crippen LogP contribution in [0.1, 0.15) is 18.3 Å². The molecule has 6 heteroatoms. The molecular weight excluding hydrogens is 262 g/mol. The summed E-state index contributed by atoms with van der Waals surface area (Å²) in [5, 5.41) is 6.93. The van der Waals surface area contributed by atoms with Gasteiger partial charge in [0.1, 0.15) is 17.7 Å². The van der Waals surface area contributed by atoms with Crippen LogP contribution in [0.25, 0.3) is 0 Å². The molecule has 2 aromatic rings. The molecule has 1 atom stereocenters. The molecule has 19 heavy (non-hydrogen) atoms. The molecule has 0 aliphatic rings. The average molecular weight is 277 g/mol. The second-order valence-corrected chi connectivity index (χ2v) is 5.36. The molecule has 1 unspecified atom stereocenters. The number of esters is 1. The van der Waals surface area contributed by atoms with E-state index in [4.69, 9.17) is 4.74 Å². The summed E-state index contributed by atoms with van der Waals surface area (Å²) in [5.41, 5.74) is 0.974. The Morgan fingerprint density at radius 3 is 2.79 bits per heavy atom. The van der Waals surface area contributed by atoms with Crippen LogP contribution in [0.4, 0.5) is 0 Å². The summed E-state index contributed by atoms with van der Waals surface area (Å²) in [6, 6.07) is 9.60. The third kappa shape index (κ3) is 4.10. The van der Waals surface area contributed by atoms with Crippen molar-refractivity contribution in [2.75, 3.05) is 0 Å². The smallest absolute Gasteiger partial charge is 0.319 e. The van der Waals surface area contributed by atoms with Crippen molar-refractivity contribution in [1.82, 2.24) is 15.2 Å². The number of H-pyrrole nitrogens is 1. The summed E-state index contributed by atoms with van der Waals surface area (Å²) in [7, 11) is 0. The van der Waals surface area contributed by atoms with Crippen molar-refractivity contribution < 1.29 is 9.53 Å². The Kier molecular flexibility index (Phi) is 4.57. The van der Waals surface area contributed by atoms with Crippen LogP contribution < -0.4 is 0 Å². The molecule has 0 spiro atoms. The van der Waals surface area contributed by atoms with E-state index in [0.717, 1.165) is 11.4 Å². The van der Waals surface area contributed by atoms with Gasteiger partial charge in [-0.25, -0.2) is 4.98 Å². The highest BCUT2D eigenvalue weighted by Gasteiger charge is 2.18. The fraction of sp³-hybridized carbons (Fsp3) is 0.308. The third-order valence-corrected chi connectivity index (χ3v) is 3.35. The van der Waals surface area contributed by atoms with Gasteiger partial charge in [0, 0.05) is 0 Å². The molecule has 0 saturated carbocycles. The molecule has 1 N–H and O–H groups in total. The van der Waals surface area contributed by atoms with Crippen molar-refractivity contribution in [3.05, 3.63) is 41.7 Å². The molecule has 0 amide bonds. The van der Waals surface area contributed by atoms with E-state index < -0.39 is 0 Å². The second kappa shape index (κ2) is 6.38. The second-order valence-electron chi connectivity index (χ2n) is 4.06. The van der Waals surface area contributed by atoms with Gasteiger partial charge in [0.2, 0.25) is 5.16 Å². The number of aromatic nitrogens is 3. The zero-order valence-corrected chi connectivity index (χ0v) is 11.6. The fourth-order valence-corrected chi connectivity index (χ4v) is 2.20. The number of hydrogen-bond acceptors (Lipinski definition) is 5. The molecule has 1 aromatic heterocycles. The number of nitrogens with one attached hydrogen (secondary N) is 1. The third-order valence-electron chi connectivity index (χ3n) is 2.41. The molecule has 0 bridgehead atoms. The van der Waals surface area contributed by atoms with Crippen molar-refractivity contribution in [2.24, 2.45) is 0 Å². The Balaban J connectivity index is 1.82. The van der Waals surface area contributed by atoms with Gasteiger partial charge < -0.3 is 4.74 Å². The van der Waals surface area contributed by atoms with E-state index in [1.165, 1.54) is 11.8 Å². The minimum atomic E-state index is -0.334. The maximum atomic E-state index is 11.8. The fourth-order valence-electron chi connectivity index (χ4n) is 1.43. The van der Waals surface area contributed by atoms with Gasteiger partial charge in [0.25, 0.3) is 0 Å². The van der Waals surface area contributed by atoms with Crippen LogP contribution >= 0.6 is 11.8 Å². The Hall–Kier alpha value is -1.82. The summed E-state index contributed by atoms with van der Waals surface area (Å²) < 4.78 is 5.24. The number of hydrogen-bond donors (Lipinski definition) is 1. The number of aryl methyl sites for hydroxylation is 1. The van der Waals surface area contributed by atoms with Gasteiger partial charge in [-0.3, -0.25) is 9.89 Å². The zero-order chi connectivity index (χ0) is 13.7. The highest BCUT2D eigenvalue weighted by atomic mass is 32.2. The van der Waals surface area contributed by atoms with Gasteiger partial charge in [0.05, 0.1) is 0 Å². The normalized spacial score (nSPS) is 12.1. The molecule has 0 aliphatic carbocycles. The van der Waals surface area contributed by atoms with Crippen LogP contribution in [0.5, 0.6) is 0 Å². The maximum Gasteiger partial charge on any atom is 0.319 e. The van der Waals surface area contributed by atoms with Crippen LogP contribution in [0.2, 0.25) is 0 Å². The van der Waals surface area contributed by atoms with E-state index in [1.807, 2.05) is 37.3 Å². The molecule has 100 valence electrons. The number of benzene rings is 1. The summed E-state index contributed by atoms with van der Waals surface area (Å²) >= 11 is 1.28. The van der Waals surface area contributed by atoms with Crippen LogP contribution in [-0.2, 0) is 16.1 Å². The van der Waals surface area contributed by atoms with Crippen LogP contribution in [-0.4, -0.2) is 26.4 Å². The molecular formula is C13H15N3O2S. The first kappa shape index (κ1) is 13.6. The van der Waals surface area contributed by atoms with Crippen molar-refractivity contribution in [3.63, 3.8) is 0 Å². The quantitative estimate of drug-likeness (QED) is 0.671. The SMILES string of the molecule is Cc1nc(SC(C)C(=O)OCc2ccccc2)n[nH]1. The van der Waals surface area contributed by atoms with Crippen molar-refractivity contribution in [3.8, 4) is 0 Å². The lowest BCUT2D eigenvalue weighted by Crippen LogP contribution is -2.16. The van der Waals surface area contributed by atoms with Gasteiger partial charge >= 0.3 is 5.97 Å². The van der Waals surface area contributed by atoms with E-state index in [0.29, 0.717) is 5.16 Å². The number of carbonyl (C=O) groups is 1. The van der Waals surface area contributed by atoms with Crippen molar-refractivity contribution in [2.45, 2.75) is 30.9 Å². The minimum Gasteiger partial charge on any atom is -0.460 e. The largest absolute Gasteiger partial charge is 0.460 e. The first-order chi connectivity index (χ1) is 9.15. The van der Waals surface area contributed by atoms with Crippen molar-refractivity contribution >= 4 is 17.7 Å². The molecule has 0 saturated heterocycles. The summed E-state index contributed by atoms with van der Waals surface area (Å²) in [5.74, 6) is 0.462. The lowest BCUT2D eigenvalue weighted by molar-refractivity contribution is -0.143.